The number of rotatable bonds is 9. The number of carbonyl (C=O) groups is 1. The van der Waals surface area contributed by atoms with Gasteiger partial charge in [0.2, 0.25) is 17.8 Å². The number of nitrogens with zero attached hydrogens (tertiary/aromatic N) is 5. The average Bonchev–Trinajstić information content (AvgIpc) is 2.85. The number of carboxylic acids is 1. The zero-order chi connectivity index (χ0) is 23.8. The fourth-order valence-corrected chi connectivity index (χ4v) is 3.33. The molecule has 0 aliphatic carbocycles. The summed E-state index contributed by atoms with van der Waals surface area (Å²) < 4.78 is 18.4. The molecule has 3 aromatic rings. The summed E-state index contributed by atoms with van der Waals surface area (Å²) in [5, 5.41) is 16.0. The Morgan fingerprint density at radius 1 is 1.03 bits per heavy atom. The highest BCUT2D eigenvalue weighted by atomic mass is 19.1. The Morgan fingerprint density at radius 2 is 1.74 bits per heavy atom. The molecule has 1 aliphatic rings. The van der Waals surface area contributed by atoms with Crippen molar-refractivity contribution >= 4 is 35.7 Å². The van der Waals surface area contributed by atoms with E-state index in [0.29, 0.717) is 23.3 Å². The molecule has 0 bridgehead atoms. The second-order valence-corrected chi connectivity index (χ2v) is 7.58. The van der Waals surface area contributed by atoms with E-state index in [4.69, 9.17) is 9.84 Å². The number of hydrogen-bond donors (Lipinski definition) is 3. The highest BCUT2D eigenvalue weighted by Gasteiger charge is 2.16. The summed E-state index contributed by atoms with van der Waals surface area (Å²) >= 11 is 0. The summed E-state index contributed by atoms with van der Waals surface area (Å²) in [7, 11) is 0. The van der Waals surface area contributed by atoms with Gasteiger partial charge in [-0.2, -0.15) is 20.1 Å². The van der Waals surface area contributed by atoms with Crippen LogP contribution in [0, 0.1) is 5.82 Å². The van der Waals surface area contributed by atoms with Crippen LogP contribution in [0.5, 0.6) is 5.75 Å². The van der Waals surface area contributed by atoms with E-state index >= 15 is 0 Å². The Hall–Kier alpha value is -4.28. The highest BCUT2D eigenvalue weighted by molar-refractivity contribution is 5.80. The van der Waals surface area contributed by atoms with Gasteiger partial charge in [0.05, 0.1) is 6.21 Å². The van der Waals surface area contributed by atoms with Gasteiger partial charge in [0.1, 0.15) is 11.6 Å². The van der Waals surface area contributed by atoms with Gasteiger partial charge in [0, 0.05) is 18.8 Å². The molecule has 34 heavy (non-hydrogen) atoms. The van der Waals surface area contributed by atoms with Crippen LogP contribution in [0.25, 0.3) is 0 Å². The summed E-state index contributed by atoms with van der Waals surface area (Å²) in [5.74, 6) is 0.208. The van der Waals surface area contributed by atoms with Gasteiger partial charge in [0.25, 0.3) is 0 Å². The van der Waals surface area contributed by atoms with Crippen LogP contribution in [-0.2, 0) is 4.79 Å². The summed E-state index contributed by atoms with van der Waals surface area (Å²) in [5.41, 5.74) is 4.25. The molecule has 0 radical (unpaired) electrons. The van der Waals surface area contributed by atoms with E-state index in [0.717, 1.165) is 31.5 Å². The zero-order valence-electron chi connectivity index (χ0n) is 18.3. The van der Waals surface area contributed by atoms with E-state index in [1.54, 1.807) is 42.6 Å². The molecule has 1 fully saturated rings. The minimum Gasteiger partial charge on any atom is -0.482 e. The molecule has 10 nitrogen and oxygen atoms in total. The fraction of sp³-hybridized carbons (Fsp3) is 0.261. The van der Waals surface area contributed by atoms with Crippen molar-refractivity contribution in [3.63, 3.8) is 0 Å². The molecular weight excluding hydrogens is 441 g/mol. The lowest BCUT2D eigenvalue weighted by Gasteiger charge is -2.26. The lowest BCUT2D eigenvalue weighted by molar-refractivity contribution is -0.139. The molecule has 1 saturated heterocycles. The van der Waals surface area contributed by atoms with Crippen molar-refractivity contribution in [3.8, 4) is 5.75 Å². The number of piperidine rings is 1. The van der Waals surface area contributed by atoms with Gasteiger partial charge >= 0.3 is 5.97 Å². The van der Waals surface area contributed by atoms with Crippen molar-refractivity contribution in [2.75, 3.05) is 35.3 Å². The minimum absolute atomic E-state index is 0.262. The van der Waals surface area contributed by atoms with E-state index in [9.17, 15) is 9.18 Å². The Labute approximate surface area is 195 Å². The molecule has 2 aromatic carbocycles. The molecule has 0 amide bonds. The van der Waals surface area contributed by atoms with Gasteiger partial charge in [-0.3, -0.25) is 0 Å². The minimum atomic E-state index is -1.04. The van der Waals surface area contributed by atoms with E-state index in [1.807, 2.05) is 0 Å². The summed E-state index contributed by atoms with van der Waals surface area (Å²) in [6, 6.07) is 12.7. The van der Waals surface area contributed by atoms with Gasteiger partial charge in [-0.1, -0.05) is 0 Å². The number of anilines is 4. The number of hydrogen-bond acceptors (Lipinski definition) is 9. The summed E-state index contributed by atoms with van der Waals surface area (Å²) in [4.78, 5) is 26.1. The average molecular weight is 465 g/mol. The molecule has 1 aliphatic heterocycles. The largest absolute Gasteiger partial charge is 0.482 e. The predicted octanol–water partition coefficient (Wildman–Crippen LogP) is 3.65. The standard InChI is InChI=1S/C23H24FN7O3/c24-17-6-8-18(9-7-17)26-21-27-22(29-23(28-21)31-12-2-1-3-13-31)30-25-14-16-4-10-19(11-5-16)34-15-20(32)33/h4-11,14H,1-3,12-13,15H2,(H,32,33)(H2,26,27,28,29,30)/b25-14-. The van der Waals surface area contributed by atoms with Crippen LogP contribution in [0.15, 0.2) is 53.6 Å². The Bertz CT molecular complexity index is 1130. The van der Waals surface area contributed by atoms with E-state index in [2.05, 4.69) is 35.7 Å². The molecule has 11 heteroatoms. The zero-order valence-corrected chi connectivity index (χ0v) is 18.3. The van der Waals surface area contributed by atoms with E-state index in [1.165, 1.54) is 18.6 Å². The van der Waals surface area contributed by atoms with Gasteiger partial charge in [-0.25, -0.2) is 14.6 Å². The monoisotopic (exact) mass is 465 g/mol. The van der Waals surface area contributed by atoms with Gasteiger partial charge < -0.3 is 20.1 Å². The molecule has 1 aromatic heterocycles. The first-order valence-corrected chi connectivity index (χ1v) is 10.8. The van der Waals surface area contributed by atoms with Crippen molar-refractivity contribution in [1.82, 2.24) is 15.0 Å². The topological polar surface area (TPSA) is 125 Å². The number of aromatic nitrogens is 3. The Morgan fingerprint density at radius 3 is 2.44 bits per heavy atom. The third-order valence-electron chi connectivity index (χ3n) is 4.98. The van der Waals surface area contributed by atoms with Crippen LogP contribution in [-0.4, -0.2) is 51.9 Å². The van der Waals surface area contributed by atoms with E-state index < -0.39 is 12.6 Å². The Balaban J connectivity index is 1.48. The molecule has 4 rings (SSSR count). The third kappa shape index (κ3) is 6.61. The Kier molecular flexibility index (Phi) is 7.43. The second-order valence-electron chi connectivity index (χ2n) is 7.58. The SMILES string of the molecule is O=C(O)COc1ccc(/C=N\Nc2nc(Nc3ccc(F)cc3)nc(N3CCCCC3)n2)cc1. The number of ether oxygens (including phenoxy) is 1. The number of benzene rings is 2. The molecule has 0 spiro atoms. The van der Waals surface area contributed by atoms with Crippen LogP contribution in [0.4, 0.5) is 27.9 Å². The first-order chi connectivity index (χ1) is 16.5. The maximum Gasteiger partial charge on any atom is 0.341 e. The molecule has 176 valence electrons. The molecule has 0 saturated carbocycles. The van der Waals surface area contributed by atoms with Gasteiger partial charge in [0.15, 0.2) is 6.61 Å². The number of aliphatic carboxylic acids is 1. The fourth-order valence-electron chi connectivity index (χ4n) is 3.33. The normalized spacial score (nSPS) is 13.6. The molecule has 0 atom stereocenters. The van der Waals surface area contributed by atoms with Crippen molar-refractivity contribution in [1.29, 1.82) is 0 Å². The van der Waals surface area contributed by atoms with Crippen LogP contribution in [0.2, 0.25) is 0 Å². The lowest BCUT2D eigenvalue weighted by atomic mass is 10.1. The summed E-state index contributed by atoms with van der Waals surface area (Å²) in [6.45, 7) is 1.32. The van der Waals surface area contributed by atoms with Crippen molar-refractivity contribution in [3.05, 3.63) is 59.9 Å². The molecule has 2 heterocycles. The lowest BCUT2D eigenvalue weighted by Crippen LogP contribution is -2.31. The molecular formula is C23H24FN7O3. The van der Waals surface area contributed by atoms with Gasteiger partial charge in [-0.05, 0) is 73.4 Å². The van der Waals surface area contributed by atoms with Crippen LogP contribution >= 0.6 is 0 Å². The van der Waals surface area contributed by atoms with Crippen LogP contribution in [0.3, 0.4) is 0 Å². The van der Waals surface area contributed by atoms with Crippen LogP contribution in [0.1, 0.15) is 24.8 Å². The molecule has 3 N–H and O–H groups in total. The van der Waals surface area contributed by atoms with Crippen molar-refractivity contribution < 1.29 is 19.0 Å². The van der Waals surface area contributed by atoms with Gasteiger partial charge in [-0.15, -0.1) is 0 Å². The van der Waals surface area contributed by atoms with E-state index in [-0.39, 0.29) is 11.8 Å². The highest BCUT2D eigenvalue weighted by Crippen LogP contribution is 2.21. The second kappa shape index (κ2) is 11.0. The maximum absolute atomic E-state index is 13.2. The maximum atomic E-state index is 13.2. The number of halogens is 1. The van der Waals surface area contributed by atoms with Crippen molar-refractivity contribution in [2.45, 2.75) is 19.3 Å². The summed E-state index contributed by atoms with van der Waals surface area (Å²) in [6.07, 6.45) is 4.90. The smallest absolute Gasteiger partial charge is 0.341 e. The van der Waals surface area contributed by atoms with Crippen molar-refractivity contribution in [2.24, 2.45) is 5.10 Å². The number of hydrazone groups is 1. The predicted molar refractivity (Wildman–Crippen MR) is 126 cm³/mol. The number of nitrogens with one attached hydrogen (secondary N) is 2. The first kappa shape index (κ1) is 22.9. The first-order valence-electron chi connectivity index (χ1n) is 10.8. The quantitative estimate of drug-likeness (QED) is 0.321. The molecule has 0 unspecified atom stereocenters. The van der Waals surface area contributed by atoms with Crippen LogP contribution < -0.4 is 20.4 Å². The third-order valence-corrected chi connectivity index (χ3v) is 4.98. The number of carboxylic acid groups (broad SMARTS) is 1.